The Kier molecular flexibility index (Phi) is 7.07. The molecule has 0 bridgehead atoms. The van der Waals surface area contributed by atoms with Gasteiger partial charge in [-0.3, -0.25) is 4.79 Å². The Hall–Kier alpha value is -5.20. The summed E-state index contributed by atoms with van der Waals surface area (Å²) >= 11 is 0. The van der Waals surface area contributed by atoms with Crippen molar-refractivity contribution in [2.24, 2.45) is 7.05 Å². The number of halogens is 2. The molecule has 0 spiro atoms. The number of anilines is 3. The van der Waals surface area contributed by atoms with Crippen molar-refractivity contribution >= 4 is 45.4 Å². The van der Waals surface area contributed by atoms with Gasteiger partial charge >= 0.3 is 0 Å². The molecule has 1 aliphatic rings. The number of carbonyl (C=O) groups excluding carboxylic acids is 1. The molecule has 1 fully saturated rings. The van der Waals surface area contributed by atoms with Gasteiger partial charge in [-0.2, -0.15) is 0 Å². The number of amides is 1. The minimum atomic E-state index is -0.563. The number of nitrogens with zero attached hydrogens (tertiary/aromatic N) is 8. The number of ether oxygens (including phenoxy) is 1. The fourth-order valence-corrected chi connectivity index (χ4v) is 4.96. The number of rotatable bonds is 6. The highest BCUT2D eigenvalue weighted by Crippen LogP contribution is 2.34. The summed E-state index contributed by atoms with van der Waals surface area (Å²) in [6, 6.07) is 5.96. The molecule has 1 aliphatic heterocycles. The van der Waals surface area contributed by atoms with Gasteiger partial charge in [0.15, 0.2) is 17.5 Å². The summed E-state index contributed by atoms with van der Waals surface area (Å²) in [5, 5.41) is 3.03. The van der Waals surface area contributed by atoms with E-state index in [0.717, 1.165) is 6.42 Å². The third-order valence-electron chi connectivity index (χ3n) is 7.19. The fraction of sp³-hybridized carbons (Fsp3) is 0.241. The van der Waals surface area contributed by atoms with E-state index in [1.54, 1.807) is 41.8 Å². The molecule has 11 nitrogen and oxygen atoms in total. The Morgan fingerprint density at radius 1 is 1.07 bits per heavy atom. The van der Waals surface area contributed by atoms with E-state index in [0.29, 0.717) is 60.0 Å². The lowest BCUT2D eigenvalue weighted by atomic mass is 10.1. The molecule has 2 aromatic carbocycles. The molecule has 1 N–H and O–H groups in total. The van der Waals surface area contributed by atoms with Crippen LogP contribution in [0.5, 0.6) is 11.5 Å². The van der Waals surface area contributed by atoms with Gasteiger partial charge in [-0.1, -0.05) is 6.58 Å². The van der Waals surface area contributed by atoms with Gasteiger partial charge in [-0.15, -0.1) is 0 Å². The van der Waals surface area contributed by atoms with E-state index in [2.05, 4.69) is 31.8 Å². The monoisotopic (exact) mass is 571 g/mol. The molecule has 0 unspecified atom stereocenters. The van der Waals surface area contributed by atoms with Crippen LogP contribution in [-0.4, -0.2) is 66.5 Å². The Balaban J connectivity index is 1.25. The highest BCUT2D eigenvalue weighted by atomic mass is 19.1. The standard InChI is InChI=1S/C29H27F2N9O2/c1-4-24(41)39-8-5-9-40(11-10-39)29-32-14-22-26(37-29)28(34-15-33-22)36-20-6-7-23(17(2)25(20)31)42-18-12-19(30)27-21(13-18)35-16-38(27)3/h4,6-7,12-16H,1,5,8-11H2,2-3H3,(H,33,34,36). The first-order chi connectivity index (χ1) is 20.3. The number of hydrogen-bond donors (Lipinski definition) is 1. The van der Waals surface area contributed by atoms with Crippen LogP contribution in [0.3, 0.4) is 0 Å². The van der Waals surface area contributed by atoms with E-state index >= 15 is 4.39 Å². The van der Waals surface area contributed by atoms with Gasteiger partial charge < -0.3 is 24.4 Å². The highest BCUT2D eigenvalue weighted by molar-refractivity contribution is 5.88. The quantitative estimate of drug-likeness (QED) is 0.291. The molecule has 1 saturated heterocycles. The summed E-state index contributed by atoms with van der Waals surface area (Å²) in [4.78, 5) is 37.7. The minimum Gasteiger partial charge on any atom is -0.457 e. The second-order valence-electron chi connectivity index (χ2n) is 9.90. The van der Waals surface area contributed by atoms with Crippen LogP contribution < -0.4 is 15.0 Å². The Morgan fingerprint density at radius 2 is 1.93 bits per heavy atom. The van der Waals surface area contributed by atoms with Crippen LogP contribution in [0.2, 0.25) is 0 Å². The van der Waals surface area contributed by atoms with E-state index in [1.807, 2.05) is 4.90 Å². The number of carbonyl (C=O) groups is 1. The van der Waals surface area contributed by atoms with Gasteiger partial charge in [-0.25, -0.2) is 33.7 Å². The van der Waals surface area contributed by atoms with Crippen molar-refractivity contribution in [1.82, 2.24) is 34.4 Å². The number of imidazole rings is 1. The van der Waals surface area contributed by atoms with E-state index in [9.17, 15) is 9.18 Å². The zero-order valence-corrected chi connectivity index (χ0v) is 23.0. The number of aromatic nitrogens is 6. The largest absolute Gasteiger partial charge is 0.457 e. The lowest BCUT2D eigenvalue weighted by molar-refractivity contribution is -0.125. The maximum Gasteiger partial charge on any atom is 0.246 e. The third-order valence-corrected chi connectivity index (χ3v) is 7.19. The van der Waals surface area contributed by atoms with E-state index in [-0.39, 0.29) is 28.7 Å². The molecule has 5 aromatic rings. The summed E-state index contributed by atoms with van der Waals surface area (Å²) in [5.74, 6) is 0.0493. The lowest BCUT2D eigenvalue weighted by Gasteiger charge is -2.21. The van der Waals surface area contributed by atoms with Crippen molar-refractivity contribution in [2.45, 2.75) is 13.3 Å². The molecule has 3 aromatic heterocycles. The Morgan fingerprint density at radius 3 is 2.76 bits per heavy atom. The topological polar surface area (TPSA) is 114 Å². The maximum atomic E-state index is 15.6. The normalized spacial score (nSPS) is 13.8. The summed E-state index contributed by atoms with van der Waals surface area (Å²) in [6.45, 7) is 7.49. The molecule has 0 saturated carbocycles. The van der Waals surface area contributed by atoms with Crippen molar-refractivity contribution in [3.05, 3.63) is 73.0 Å². The molecule has 13 heteroatoms. The van der Waals surface area contributed by atoms with Crippen LogP contribution in [0.15, 0.2) is 55.8 Å². The molecule has 0 aliphatic carbocycles. The van der Waals surface area contributed by atoms with Crippen LogP contribution in [0.1, 0.15) is 12.0 Å². The van der Waals surface area contributed by atoms with Crippen molar-refractivity contribution in [3.63, 3.8) is 0 Å². The zero-order chi connectivity index (χ0) is 29.4. The summed E-state index contributed by atoms with van der Waals surface area (Å²) in [5.41, 5.74) is 2.07. The molecule has 214 valence electrons. The van der Waals surface area contributed by atoms with Crippen LogP contribution in [0.25, 0.3) is 22.1 Å². The average molecular weight is 572 g/mol. The maximum absolute atomic E-state index is 15.6. The van der Waals surface area contributed by atoms with Crippen LogP contribution in [-0.2, 0) is 11.8 Å². The first-order valence-corrected chi connectivity index (χ1v) is 13.3. The zero-order valence-electron chi connectivity index (χ0n) is 23.0. The van der Waals surface area contributed by atoms with Gasteiger partial charge in [-0.05, 0) is 31.6 Å². The van der Waals surface area contributed by atoms with Gasteiger partial charge in [0.25, 0.3) is 0 Å². The van der Waals surface area contributed by atoms with Gasteiger partial charge in [0.05, 0.1) is 23.7 Å². The van der Waals surface area contributed by atoms with E-state index in [1.165, 1.54) is 30.9 Å². The van der Waals surface area contributed by atoms with Crippen molar-refractivity contribution in [1.29, 1.82) is 0 Å². The van der Waals surface area contributed by atoms with Gasteiger partial charge in [0.2, 0.25) is 11.9 Å². The SMILES string of the molecule is C=CC(=O)N1CCCN(c2ncc3ncnc(Nc4ccc(Oc5cc(F)c6c(c5)ncn6C)c(C)c4F)c3n2)CC1. The fourth-order valence-electron chi connectivity index (χ4n) is 4.96. The molecular weight excluding hydrogens is 544 g/mol. The van der Waals surface area contributed by atoms with Crippen molar-refractivity contribution < 1.29 is 18.3 Å². The molecule has 42 heavy (non-hydrogen) atoms. The van der Waals surface area contributed by atoms with Crippen molar-refractivity contribution in [2.75, 3.05) is 36.4 Å². The van der Waals surface area contributed by atoms with Crippen LogP contribution >= 0.6 is 0 Å². The van der Waals surface area contributed by atoms with Crippen molar-refractivity contribution in [3.8, 4) is 11.5 Å². The number of benzene rings is 2. The van der Waals surface area contributed by atoms with Gasteiger partial charge in [0, 0.05) is 50.9 Å². The summed E-state index contributed by atoms with van der Waals surface area (Å²) in [7, 11) is 1.70. The molecule has 4 heterocycles. The number of fused-ring (bicyclic) bond motifs is 2. The predicted molar refractivity (Wildman–Crippen MR) is 154 cm³/mol. The summed E-state index contributed by atoms with van der Waals surface area (Å²) in [6.07, 6.45) is 6.53. The molecule has 1 amide bonds. The Bertz CT molecular complexity index is 1840. The predicted octanol–water partition coefficient (Wildman–Crippen LogP) is 4.65. The van der Waals surface area contributed by atoms with E-state index < -0.39 is 11.6 Å². The first kappa shape index (κ1) is 27.0. The minimum absolute atomic E-state index is 0.105. The summed E-state index contributed by atoms with van der Waals surface area (Å²) < 4.78 is 37.6. The highest BCUT2D eigenvalue weighted by Gasteiger charge is 2.21. The number of nitrogens with one attached hydrogen (secondary N) is 1. The molecule has 6 rings (SSSR count). The lowest BCUT2D eigenvalue weighted by Crippen LogP contribution is -2.34. The Labute approximate surface area is 239 Å². The molecule has 0 radical (unpaired) electrons. The smallest absolute Gasteiger partial charge is 0.246 e. The second-order valence-corrected chi connectivity index (χ2v) is 9.90. The van der Waals surface area contributed by atoms with Crippen LogP contribution in [0.4, 0.5) is 26.2 Å². The molecular formula is C29H27F2N9O2. The first-order valence-electron chi connectivity index (χ1n) is 13.3. The van der Waals surface area contributed by atoms with Gasteiger partial charge in [0.1, 0.15) is 34.4 Å². The third kappa shape index (κ3) is 5.04. The van der Waals surface area contributed by atoms with Crippen LogP contribution in [0, 0.1) is 18.6 Å². The van der Waals surface area contributed by atoms with E-state index in [4.69, 9.17) is 9.72 Å². The number of aryl methyl sites for hydroxylation is 1. The number of hydrogen-bond acceptors (Lipinski definition) is 9. The molecule has 0 atom stereocenters. The second kappa shape index (κ2) is 11.0. The average Bonchev–Trinajstić information content (AvgIpc) is 3.20.